The van der Waals surface area contributed by atoms with Crippen molar-refractivity contribution in [2.24, 2.45) is 0 Å². The normalized spacial score (nSPS) is 11.8. The van der Waals surface area contributed by atoms with Crippen LogP contribution in [-0.4, -0.2) is 35.7 Å². The summed E-state index contributed by atoms with van der Waals surface area (Å²) in [6.07, 6.45) is 1.04. The van der Waals surface area contributed by atoms with E-state index in [1.165, 1.54) is 42.5 Å². The lowest BCUT2D eigenvalue weighted by Crippen LogP contribution is -2.14. The summed E-state index contributed by atoms with van der Waals surface area (Å²) < 4.78 is 55.2. The fourth-order valence-corrected chi connectivity index (χ4v) is 3.95. The zero-order valence-corrected chi connectivity index (χ0v) is 16.1. The van der Waals surface area contributed by atoms with Gasteiger partial charge in [0.05, 0.1) is 27.6 Å². The zero-order valence-electron chi connectivity index (χ0n) is 14.5. The number of anilines is 1. The molecule has 0 aromatic heterocycles. The van der Waals surface area contributed by atoms with Crippen LogP contribution < -0.4 is 4.72 Å². The number of aryl methyl sites for hydroxylation is 1. The highest BCUT2D eigenvalue weighted by atomic mass is 32.2. The number of sulfone groups is 1. The fourth-order valence-electron chi connectivity index (χ4n) is 2.19. The van der Waals surface area contributed by atoms with Crippen molar-refractivity contribution in [3.63, 3.8) is 0 Å². The van der Waals surface area contributed by atoms with Gasteiger partial charge in [0.15, 0.2) is 9.84 Å². The molecule has 0 amide bonds. The Morgan fingerprint density at radius 1 is 1.00 bits per heavy atom. The molecule has 9 heteroatoms. The Hall–Kier alpha value is -2.39. The second kappa shape index (κ2) is 7.46. The van der Waals surface area contributed by atoms with E-state index in [1.807, 2.05) is 0 Å². The Kier molecular flexibility index (Phi) is 5.72. The fraction of sp³-hybridized carbons (Fsp3) is 0.235. The average Bonchev–Trinajstić information content (AvgIpc) is 2.56. The maximum Gasteiger partial charge on any atom is 0.338 e. The highest BCUT2D eigenvalue weighted by Crippen LogP contribution is 2.22. The van der Waals surface area contributed by atoms with Crippen LogP contribution in [0.2, 0.25) is 0 Å². The standard InChI is InChI=1S/C17H19NO6S2/c1-4-24-17(19)13-5-10-16(12(2)11-13)18-26(22,23)15-8-6-14(7-9-15)25(3,20)21/h5-11,18H,4H2,1-3H3. The van der Waals surface area contributed by atoms with E-state index < -0.39 is 25.8 Å². The molecule has 0 saturated heterocycles. The van der Waals surface area contributed by atoms with E-state index in [9.17, 15) is 21.6 Å². The van der Waals surface area contributed by atoms with Crippen LogP contribution in [0, 0.1) is 6.92 Å². The van der Waals surface area contributed by atoms with Crippen molar-refractivity contribution < 1.29 is 26.4 Å². The van der Waals surface area contributed by atoms with Crippen molar-refractivity contribution in [1.82, 2.24) is 0 Å². The van der Waals surface area contributed by atoms with Gasteiger partial charge in [-0.15, -0.1) is 0 Å². The van der Waals surface area contributed by atoms with E-state index in [1.54, 1.807) is 13.8 Å². The monoisotopic (exact) mass is 397 g/mol. The van der Waals surface area contributed by atoms with Crippen LogP contribution in [-0.2, 0) is 24.6 Å². The van der Waals surface area contributed by atoms with Crippen LogP contribution in [0.5, 0.6) is 0 Å². The van der Waals surface area contributed by atoms with Gasteiger partial charge in [-0.2, -0.15) is 0 Å². The van der Waals surface area contributed by atoms with Gasteiger partial charge in [-0.05, 0) is 61.9 Å². The Balaban J connectivity index is 2.28. The van der Waals surface area contributed by atoms with Crippen molar-refractivity contribution in [3.05, 3.63) is 53.6 Å². The van der Waals surface area contributed by atoms with E-state index in [0.29, 0.717) is 16.8 Å². The molecule has 0 aliphatic carbocycles. The lowest BCUT2D eigenvalue weighted by Gasteiger charge is -2.12. The minimum absolute atomic E-state index is 0.0337. The number of nitrogens with one attached hydrogen (secondary N) is 1. The van der Waals surface area contributed by atoms with Crippen LogP contribution in [0.15, 0.2) is 52.3 Å². The summed E-state index contributed by atoms with van der Waals surface area (Å²) in [5.74, 6) is -0.485. The quantitative estimate of drug-likeness (QED) is 0.750. The third-order valence-corrected chi connectivity index (χ3v) is 6.05. The Morgan fingerprint density at radius 2 is 1.58 bits per heavy atom. The number of hydrogen-bond donors (Lipinski definition) is 1. The van der Waals surface area contributed by atoms with Gasteiger partial charge in [0.1, 0.15) is 0 Å². The highest BCUT2D eigenvalue weighted by Gasteiger charge is 2.17. The molecule has 0 bridgehead atoms. The lowest BCUT2D eigenvalue weighted by molar-refractivity contribution is 0.0526. The molecule has 0 saturated carbocycles. The van der Waals surface area contributed by atoms with Gasteiger partial charge in [0, 0.05) is 6.26 Å². The number of ether oxygens (including phenoxy) is 1. The third-order valence-electron chi connectivity index (χ3n) is 3.54. The maximum atomic E-state index is 12.5. The summed E-state index contributed by atoms with van der Waals surface area (Å²) in [5, 5.41) is 0. The predicted octanol–water partition coefficient (Wildman–Crippen LogP) is 2.38. The topological polar surface area (TPSA) is 107 Å². The Labute approximate surface area is 153 Å². The van der Waals surface area contributed by atoms with Gasteiger partial charge in [-0.3, -0.25) is 4.72 Å². The van der Waals surface area contributed by atoms with E-state index in [2.05, 4.69) is 4.72 Å². The molecule has 0 atom stereocenters. The summed E-state index contributed by atoms with van der Waals surface area (Å²) in [6.45, 7) is 3.60. The SMILES string of the molecule is CCOC(=O)c1ccc(NS(=O)(=O)c2ccc(S(C)(=O)=O)cc2)c(C)c1. The van der Waals surface area contributed by atoms with E-state index in [0.717, 1.165) is 6.26 Å². The van der Waals surface area contributed by atoms with Gasteiger partial charge in [-0.25, -0.2) is 21.6 Å². The molecule has 26 heavy (non-hydrogen) atoms. The predicted molar refractivity (Wildman–Crippen MR) is 97.5 cm³/mol. The molecule has 2 aromatic carbocycles. The number of benzene rings is 2. The minimum atomic E-state index is -3.90. The summed E-state index contributed by atoms with van der Waals surface area (Å²) in [7, 11) is -7.31. The average molecular weight is 397 g/mol. The molecule has 0 unspecified atom stereocenters. The smallest absolute Gasteiger partial charge is 0.338 e. The molecule has 7 nitrogen and oxygen atoms in total. The first-order valence-electron chi connectivity index (χ1n) is 7.65. The van der Waals surface area contributed by atoms with Crippen molar-refractivity contribution in [2.45, 2.75) is 23.6 Å². The first-order chi connectivity index (χ1) is 12.0. The Bertz CT molecular complexity index is 1030. The Morgan fingerprint density at radius 3 is 2.08 bits per heavy atom. The van der Waals surface area contributed by atoms with Crippen LogP contribution in [0.3, 0.4) is 0 Å². The molecule has 0 fully saturated rings. The highest BCUT2D eigenvalue weighted by molar-refractivity contribution is 7.92. The van der Waals surface area contributed by atoms with E-state index in [-0.39, 0.29) is 16.4 Å². The van der Waals surface area contributed by atoms with Crippen molar-refractivity contribution in [1.29, 1.82) is 0 Å². The zero-order chi connectivity index (χ0) is 19.5. The van der Waals surface area contributed by atoms with Gasteiger partial charge in [0.25, 0.3) is 10.0 Å². The molecule has 0 radical (unpaired) electrons. The van der Waals surface area contributed by atoms with Crippen molar-refractivity contribution in [3.8, 4) is 0 Å². The van der Waals surface area contributed by atoms with Crippen molar-refractivity contribution in [2.75, 3.05) is 17.6 Å². The molecule has 140 valence electrons. The van der Waals surface area contributed by atoms with Gasteiger partial charge in [0.2, 0.25) is 0 Å². The molecule has 2 aromatic rings. The summed E-state index contributed by atoms with van der Waals surface area (Å²) in [6, 6.07) is 9.39. The van der Waals surface area contributed by atoms with Crippen LogP contribution in [0.1, 0.15) is 22.8 Å². The van der Waals surface area contributed by atoms with Crippen LogP contribution >= 0.6 is 0 Å². The van der Waals surface area contributed by atoms with Crippen LogP contribution in [0.4, 0.5) is 5.69 Å². The van der Waals surface area contributed by atoms with Crippen LogP contribution in [0.25, 0.3) is 0 Å². The van der Waals surface area contributed by atoms with Gasteiger partial charge >= 0.3 is 5.97 Å². The molecular weight excluding hydrogens is 378 g/mol. The number of carbonyl (C=O) groups is 1. The number of hydrogen-bond acceptors (Lipinski definition) is 6. The summed E-state index contributed by atoms with van der Waals surface area (Å²) in [4.78, 5) is 11.7. The molecule has 0 heterocycles. The minimum Gasteiger partial charge on any atom is -0.462 e. The lowest BCUT2D eigenvalue weighted by atomic mass is 10.1. The molecule has 0 aliphatic rings. The number of carbonyl (C=O) groups excluding carboxylic acids is 1. The molecule has 0 spiro atoms. The molecule has 1 N–H and O–H groups in total. The van der Waals surface area contributed by atoms with Gasteiger partial charge in [-0.1, -0.05) is 0 Å². The second-order valence-electron chi connectivity index (χ2n) is 5.60. The van der Waals surface area contributed by atoms with E-state index in [4.69, 9.17) is 4.74 Å². The first-order valence-corrected chi connectivity index (χ1v) is 11.0. The first kappa shape index (κ1) is 19.9. The van der Waals surface area contributed by atoms with Gasteiger partial charge < -0.3 is 4.74 Å². The second-order valence-corrected chi connectivity index (χ2v) is 9.30. The largest absolute Gasteiger partial charge is 0.462 e. The molecule has 2 rings (SSSR count). The molecular formula is C17H19NO6S2. The number of sulfonamides is 1. The molecule has 0 aliphatic heterocycles. The summed E-state index contributed by atoms with van der Waals surface area (Å²) >= 11 is 0. The van der Waals surface area contributed by atoms with E-state index >= 15 is 0 Å². The third kappa shape index (κ3) is 4.61. The summed E-state index contributed by atoms with van der Waals surface area (Å²) in [5.41, 5.74) is 1.18. The van der Waals surface area contributed by atoms with Crippen molar-refractivity contribution >= 4 is 31.5 Å². The maximum absolute atomic E-state index is 12.5. The number of rotatable bonds is 6. The number of esters is 1.